The number of rotatable bonds is 2. The zero-order chi connectivity index (χ0) is 24.7. The Morgan fingerprint density at radius 3 is 2.22 bits per heavy atom. The standard InChI is InChI=1S/C37H28/c1-37(2)33-12-4-3-11-31(33)32-18-17-27(22-34(32)37)25-9-6-10-26(19-25)30-20-28-15-13-23-7-5-8-24-14-16-29(21-30)36(28)35(23)24/h3-22,35-36H,1-2H3. The van der Waals surface area contributed by atoms with Crippen molar-refractivity contribution in [3.05, 3.63) is 160 Å². The fourth-order valence-electron chi connectivity index (χ4n) is 7.15. The van der Waals surface area contributed by atoms with Crippen LogP contribution >= 0.6 is 0 Å². The Kier molecular flexibility index (Phi) is 4.21. The second-order valence-corrected chi connectivity index (χ2v) is 11.4. The summed E-state index contributed by atoms with van der Waals surface area (Å²) in [5, 5.41) is 0. The molecule has 0 amide bonds. The van der Waals surface area contributed by atoms with E-state index in [4.69, 9.17) is 0 Å². The molecule has 2 atom stereocenters. The Bertz CT molecular complexity index is 1740. The van der Waals surface area contributed by atoms with Crippen LogP contribution in [0.5, 0.6) is 0 Å². The maximum absolute atomic E-state index is 2.42. The molecule has 3 aromatic carbocycles. The Hall–Kier alpha value is -4.16. The van der Waals surface area contributed by atoms with E-state index in [-0.39, 0.29) is 5.41 Å². The fraction of sp³-hybridized carbons (Fsp3) is 0.135. The molecule has 2 unspecified atom stereocenters. The summed E-state index contributed by atoms with van der Waals surface area (Å²) in [4.78, 5) is 0. The minimum absolute atomic E-state index is 0.0135. The minimum atomic E-state index is 0.0135. The molecule has 176 valence electrons. The van der Waals surface area contributed by atoms with E-state index < -0.39 is 0 Å². The van der Waals surface area contributed by atoms with E-state index in [1.165, 1.54) is 66.8 Å². The van der Waals surface area contributed by atoms with Gasteiger partial charge >= 0.3 is 0 Å². The lowest BCUT2D eigenvalue weighted by Crippen LogP contribution is -2.28. The van der Waals surface area contributed by atoms with Gasteiger partial charge in [0.2, 0.25) is 0 Å². The van der Waals surface area contributed by atoms with Gasteiger partial charge in [-0.1, -0.05) is 123 Å². The van der Waals surface area contributed by atoms with Gasteiger partial charge in [-0.2, -0.15) is 0 Å². The molecule has 5 aliphatic carbocycles. The van der Waals surface area contributed by atoms with Crippen molar-refractivity contribution in [2.45, 2.75) is 19.3 Å². The van der Waals surface area contributed by atoms with Gasteiger partial charge in [0.05, 0.1) is 0 Å². The van der Waals surface area contributed by atoms with E-state index in [1.807, 2.05) is 0 Å². The average molecular weight is 473 g/mol. The summed E-state index contributed by atoms with van der Waals surface area (Å²) in [5.74, 6) is 0.901. The van der Waals surface area contributed by atoms with Crippen LogP contribution in [0.25, 0.3) is 27.8 Å². The smallest absolute Gasteiger partial charge is 0.0199 e. The molecule has 0 heteroatoms. The van der Waals surface area contributed by atoms with E-state index in [9.17, 15) is 0 Å². The lowest BCUT2D eigenvalue weighted by Gasteiger charge is -2.40. The quantitative estimate of drug-likeness (QED) is 0.349. The Balaban J connectivity index is 1.20. The lowest BCUT2D eigenvalue weighted by atomic mass is 9.64. The summed E-state index contributed by atoms with van der Waals surface area (Å²) in [6.45, 7) is 4.71. The van der Waals surface area contributed by atoms with Crippen LogP contribution in [0.2, 0.25) is 0 Å². The summed E-state index contributed by atoms with van der Waals surface area (Å²) in [7, 11) is 0. The van der Waals surface area contributed by atoms with Crippen LogP contribution < -0.4 is 0 Å². The molecule has 0 saturated heterocycles. The first-order valence-electron chi connectivity index (χ1n) is 13.3. The molecule has 0 saturated carbocycles. The highest BCUT2D eigenvalue weighted by Crippen LogP contribution is 2.51. The molecule has 37 heavy (non-hydrogen) atoms. The van der Waals surface area contributed by atoms with Crippen LogP contribution in [0.3, 0.4) is 0 Å². The van der Waals surface area contributed by atoms with Gasteiger partial charge in [0.1, 0.15) is 0 Å². The lowest BCUT2D eigenvalue weighted by molar-refractivity contribution is 0.565. The van der Waals surface area contributed by atoms with Crippen molar-refractivity contribution in [2.24, 2.45) is 11.8 Å². The van der Waals surface area contributed by atoms with E-state index in [0.29, 0.717) is 11.8 Å². The van der Waals surface area contributed by atoms with Crippen molar-refractivity contribution < 1.29 is 0 Å². The van der Waals surface area contributed by atoms with Crippen molar-refractivity contribution in [1.29, 1.82) is 0 Å². The molecular weight excluding hydrogens is 444 g/mol. The molecule has 3 aromatic rings. The molecule has 0 aliphatic heterocycles. The van der Waals surface area contributed by atoms with E-state index in [1.54, 1.807) is 0 Å². The zero-order valence-corrected chi connectivity index (χ0v) is 21.2. The third-order valence-electron chi connectivity index (χ3n) is 9.04. The third-order valence-corrected chi connectivity index (χ3v) is 9.04. The first kappa shape index (κ1) is 21.0. The number of hydrogen-bond acceptors (Lipinski definition) is 0. The average Bonchev–Trinajstić information content (AvgIpc) is 3.18. The van der Waals surface area contributed by atoms with Gasteiger partial charge in [0.25, 0.3) is 0 Å². The number of fused-ring (bicyclic) bond motifs is 3. The largest absolute Gasteiger partial charge is 0.0619 e. The molecule has 0 bridgehead atoms. The van der Waals surface area contributed by atoms with E-state index in [0.717, 1.165) is 0 Å². The molecular formula is C37H28. The van der Waals surface area contributed by atoms with Crippen LogP contribution in [-0.2, 0) is 5.41 Å². The highest BCUT2D eigenvalue weighted by Gasteiger charge is 2.38. The first-order valence-corrected chi connectivity index (χ1v) is 13.3. The molecule has 5 aliphatic rings. The molecule has 8 rings (SSSR count). The van der Waals surface area contributed by atoms with Gasteiger partial charge in [-0.15, -0.1) is 0 Å². The molecule has 0 spiro atoms. The maximum atomic E-state index is 2.42. The van der Waals surface area contributed by atoms with Gasteiger partial charge in [0, 0.05) is 17.3 Å². The fourth-order valence-corrected chi connectivity index (χ4v) is 7.15. The molecule has 0 heterocycles. The van der Waals surface area contributed by atoms with Gasteiger partial charge in [-0.25, -0.2) is 0 Å². The molecule has 0 aromatic heterocycles. The summed E-state index contributed by atoms with van der Waals surface area (Å²) in [6, 6.07) is 25.0. The zero-order valence-electron chi connectivity index (χ0n) is 21.2. The maximum Gasteiger partial charge on any atom is 0.0199 e. The van der Waals surface area contributed by atoms with Crippen molar-refractivity contribution in [3.8, 4) is 22.3 Å². The Morgan fingerprint density at radius 2 is 1.27 bits per heavy atom. The molecule has 0 fully saturated rings. The molecule has 0 radical (unpaired) electrons. The van der Waals surface area contributed by atoms with Crippen LogP contribution in [0.15, 0.2) is 144 Å². The van der Waals surface area contributed by atoms with Gasteiger partial charge in [0.15, 0.2) is 0 Å². The first-order chi connectivity index (χ1) is 18.1. The number of hydrogen-bond donors (Lipinski definition) is 0. The number of allylic oxidation sites excluding steroid dienone is 14. The normalized spacial score (nSPS) is 23.1. The third kappa shape index (κ3) is 2.96. The van der Waals surface area contributed by atoms with E-state index >= 15 is 0 Å². The van der Waals surface area contributed by atoms with Crippen molar-refractivity contribution in [3.63, 3.8) is 0 Å². The van der Waals surface area contributed by atoms with Gasteiger partial charge in [-0.3, -0.25) is 0 Å². The van der Waals surface area contributed by atoms with Crippen LogP contribution in [-0.4, -0.2) is 0 Å². The van der Waals surface area contributed by atoms with Crippen LogP contribution in [0, 0.1) is 11.8 Å². The highest BCUT2D eigenvalue weighted by molar-refractivity contribution is 5.86. The summed E-state index contributed by atoms with van der Waals surface area (Å²) < 4.78 is 0. The number of benzene rings is 3. The monoisotopic (exact) mass is 472 g/mol. The van der Waals surface area contributed by atoms with E-state index in [2.05, 4.69) is 135 Å². The second-order valence-electron chi connectivity index (χ2n) is 11.4. The topological polar surface area (TPSA) is 0 Å². The second kappa shape index (κ2) is 7.43. The predicted octanol–water partition coefficient (Wildman–Crippen LogP) is 9.15. The van der Waals surface area contributed by atoms with Gasteiger partial charge in [-0.05, 0) is 78.9 Å². The summed E-state index contributed by atoms with van der Waals surface area (Å²) in [6.07, 6.45) is 20.9. The SMILES string of the molecule is CC1(C)c2ccccc2-c2ccc(-c3cccc(C4=CC5=CC=C6C=CC=C7C=CC(=C4)C5C76)c3)cc21. The molecule has 0 N–H and O–H groups in total. The summed E-state index contributed by atoms with van der Waals surface area (Å²) in [5.41, 5.74) is 16.5. The summed E-state index contributed by atoms with van der Waals surface area (Å²) >= 11 is 0. The van der Waals surface area contributed by atoms with Gasteiger partial charge < -0.3 is 0 Å². The van der Waals surface area contributed by atoms with Crippen molar-refractivity contribution in [2.75, 3.05) is 0 Å². The van der Waals surface area contributed by atoms with Crippen LogP contribution in [0.1, 0.15) is 30.5 Å². The molecule has 0 nitrogen and oxygen atoms in total. The minimum Gasteiger partial charge on any atom is -0.0619 e. The van der Waals surface area contributed by atoms with Crippen LogP contribution in [0.4, 0.5) is 0 Å². The van der Waals surface area contributed by atoms with Crippen molar-refractivity contribution >= 4 is 5.57 Å². The Morgan fingerprint density at radius 1 is 0.541 bits per heavy atom. The van der Waals surface area contributed by atoms with Crippen molar-refractivity contribution in [1.82, 2.24) is 0 Å². The Labute approximate surface area is 219 Å². The predicted molar refractivity (Wildman–Crippen MR) is 155 cm³/mol. The highest BCUT2D eigenvalue weighted by atomic mass is 14.4.